The molecule has 0 aliphatic heterocycles. The molecule has 0 saturated heterocycles. The van der Waals surface area contributed by atoms with Crippen LogP contribution in [0.2, 0.25) is 0 Å². The Hall–Kier alpha value is -1.46. The molecule has 0 radical (unpaired) electrons. The molecule has 1 rings (SSSR count). The Kier molecular flexibility index (Phi) is 6.61. The number of amides is 1. The Morgan fingerprint density at radius 1 is 1.35 bits per heavy atom. The molecule has 0 aromatic heterocycles. The lowest BCUT2D eigenvalue weighted by Gasteiger charge is -2.28. The Balaban J connectivity index is 2.84. The van der Waals surface area contributed by atoms with Crippen molar-refractivity contribution < 1.29 is 13.9 Å². The highest BCUT2D eigenvalue weighted by Gasteiger charge is 2.22. The minimum absolute atomic E-state index is 0.0321. The fourth-order valence-electron chi connectivity index (χ4n) is 1.79. The van der Waals surface area contributed by atoms with Crippen LogP contribution >= 0.6 is 0 Å². The van der Waals surface area contributed by atoms with Gasteiger partial charge in [-0.1, -0.05) is 18.2 Å². The number of rotatable bonds is 7. The molecular formula is C15H23FN2O2. The van der Waals surface area contributed by atoms with E-state index in [0.717, 1.165) is 0 Å². The van der Waals surface area contributed by atoms with Crippen LogP contribution in [0, 0.1) is 5.82 Å². The minimum atomic E-state index is -0.291. The maximum absolute atomic E-state index is 13.7. The van der Waals surface area contributed by atoms with E-state index in [9.17, 15) is 9.18 Å². The van der Waals surface area contributed by atoms with Gasteiger partial charge in [0.25, 0.3) is 0 Å². The molecule has 5 heteroatoms. The lowest BCUT2D eigenvalue weighted by atomic mass is 10.1. The van der Waals surface area contributed by atoms with E-state index in [0.29, 0.717) is 18.7 Å². The summed E-state index contributed by atoms with van der Waals surface area (Å²) >= 11 is 0. The van der Waals surface area contributed by atoms with E-state index in [4.69, 9.17) is 4.74 Å². The molecule has 0 spiro atoms. The fraction of sp³-hybridized carbons (Fsp3) is 0.533. The second kappa shape index (κ2) is 7.97. The number of carbonyl (C=O) groups is 1. The molecule has 0 N–H and O–H groups in total. The molecule has 0 aliphatic rings. The molecular weight excluding hydrogens is 259 g/mol. The quantitative estimate of drug-likeness (QED) is 0.764. The first-order valence-corrected chi connectivity index (χ1v) is 6.65. The van der Waals surface area contributed by atoms with Crippen LogP contribution in [0.3, 0.4) is 0 Å². The highest BCUT2D eigenvalue weighted by molar-refractivity contribution is 5.81. The Labute approximate surface area is 120 Å². The number of nitrogens with zero attached hydrogens (tertiary/aromatic N) is 2. The van der Waals surface area contributed by atoms with Crippen molar-refractivity contribution in [2.24, 2.45) is 0 Å². The molecule has 0 aliphatic carbocycles. The van der Waals surface area contributed by atoms with Crippen molar-refractivity contribution in [1.82, 2.24) is 9.80 Å². The van der Waals surface area contributed by atoms with Gasteiger partial charge in [0.15, 0.2) is 0 Å². The fourth-order valence-corrected chi connectivity index (χ4v) is 1.79. The van der Waals surface area contributed by atoms with E-state index in [1.807, 2.05) is 25.9 Å². The largest absolute Gasteiger partial charge is 0.383 e. The van der Waals surface area contributed by atoms with Crippen molar-refractivity contribution >= 4 is 5.91 Å². The Bertz CT molecular complexity index is 438. The van der Waals surface area contributed by atoms with Crippen LogP contribution < -0.4 is 0 Å². The van der Waals surface area contributed by atoms with Gasteiger partial charge in [0.1, 0.15) is 5.82 Å². The zero-order valence-corrected chi connectivity index (χ0v) is 12.6. The van der Waals surface area contributed by atoms with Gasteiger partial charge in [-0.3, -0.25) is 9.69 Å². The molecule has 20 heavy (non-hydrogen) atoms. The standard InChI is InChI=1S/C15H23FN2O2/c1-12(17(2)3)15(19)18(9-10-20-4)11-13-7-5-6-8-14(13)16/h5-8,12H,9-11H2,1-4H3/t12-/m1/s1. The second-order valence-electron chi connectivity index (χ2n) is 4.98. The van der Waals surface area contributed by atoms with Crippen LogP contribution in [0.15, 0.2) is 24.3 Å². The maximum atomic E-state index is 13.7. The van der Waals surface area contributed by atoms with Gasteiger partial charge in [0.2, 0.25) is 5.91 Å². The van der Waals surface area contributed by atoms with E-state index in [2.05, 4.69) is 0 Å². The number of hydrogen-bond donors (Lipinski definition) is 0. The summed E-state index contributed by atoms with van der Waals surface area (Å²) in [6.45, 7) is 2.97. The molecule has 0 unspecified atom stereocenters. The van der Waals surface area contributed by atoms with Crippen molar-refractivity contribution in [3.8, 4) is 0 Å². The van der Waals surface area contributed by atoms with E-state index in [-0.39, 0.29) is 24.3 Å². The van der Waals surface area contributed by atoms with E-state index < -0.39 is 0 Å². The van der Waals surface area contributed by atoms with Crippen molar-refractivity contribution in [3.63, 3.8) is 0 Å². The second-order valence-corrected chi connectivity index (χ2v) is 4.98. The number of likely N-dealkylation sites (N-methyl/N-ethyl adjacent to an activating group) is 1. The van der Waals surface area contributed by atoms with Gasteiger partial charge in [-0.2, -0.15) is 0 Å². The molecule has 0 heterocycles. The SMILES string of the molecule is COCCN(Cc1ccccc1F)C(=O)[C@@H](C)N(C)C. The van der Waals surface area contributed by atoms with Crippen molar-refractivity contribution in [2.75, 3.05) is 34.4 Å². The zero-order chi connectivity index (χ0) is 15.1. The number of ether oxygens (including phenoxy) is 1. The van der Waals surface area contributed by atoms with Crippen molar-refractivity contribution in [3.05, 3.63) is 35.6 Å². The van der Waals surface area contributed by atoms with Crippen molar-refractivity contribution in [1.29, 1.82) is 0 Å². The third-order valence-electron chi connectivity index (χ3n) is 3.33. The zero-order valence-electron chi connectivity index (χ0n) is 12.6. The minimum Gasteiger partial charge on any atom is -0.383 e. The number of halogens is 1. The summed E-state index contributed by atoms with van der Waals surface area (Å²) < 4.78 is 18.7. The lowest BCUT2D eigenvalue weighted by molar-refractivity contribution is -0.136. The van der Waals surface area contributed by atoms with E-state index in [1.165, 1.54) is 6.07 Å². The average Bonchev–Trinajstić information content (AvgIpc) is 2.43. The lowest BCUT2D eigenvalue weighted by Crippen LogP contribution is -2.45. The third kappa shape index (κ3) is 4.58. The third-order valence-corrected chi connectivity index (χ3v) is 3.33. The number of methoxy groups -OCH3 is 1. The number of hydrogen-bond acceptors (Lipinski definition) is 3. The normalized spacial score (nSPS) is 12.5. The Morgan fingerprint density at radius 2 is 2.00 bits per heavy atom. The van der Waals surface area contributed by atoms with Gasteiger partial charge in [-0.15, -0.1) is 0 Å². The summed E-state index contributed by atoms with van der Waals surface area (Å²) in [5.41, 5.74) is 0.517. The van der Waals surface area contributed by atoms with E-state index in [1.54, 1.807) is 30.2 Å². The van der Waals surface area contributed by atoms with E-state index >= 15 is 0 Å². The topological polar surface area (TPSA) is 32.8 Å². The number of benzene rings is 1. The summed E-state index contributed by atoms with van der Waals surface area (Å²) in [6.07, 6.45) is 0. The van der Waals surface area contributed by atoms with Crippen LogP contribution in [0.1, 0.15) is 12.5 Å². The molecule has 112 valence electrons. The summed E-state index contributed by atoms with van der Waals surface area (Å²) in [5.74, 6) is -0.324. The first kappa shape index (κ1) is 16.6. The highest BCUT2D eigenvalue weighted by atomic mass is 19.1. The molecule has 1 aromatic rings. The van der Waals surface area contributed by atoms with Crippen molar-refractivity contribution in [2.45, 2.75) is 19.5 Å². The highest BCUT2D eigenvalue weighted by Crippen LogP contribution is 2.11. The molecule has 0 bridgehead atoms. The summed E-state index contributed by atoms with van der Waals surface area (Å²) in [5, 5.41) is 0. The first-order chi connectivity index (χ1) is 9.47. The summed E-state index contributed by atoms with van der Waals surface area (Å²) in [6, 6.07) is 6.26. The van der Waals surface area contributed by atoms with Gasteiger partial charge in [0, 0.05) is 25.8 Å². The van der Waals surface area contributed by atoms with Gasteiger partial charge in [-0.25, -0.2) is 4.39 Å². The summed E-state index contributed by atoms with van der Waals surface area (Å²) in [7, 11) is 5.28. The van der Waals surface area contributed by atoms with Crippen LogP contribution in [-0.4, -0.2) is 56.1 Å². The van der Waals surface area contributed by atoms with Crippen LogP contribution in [-0.2, 0) is 16.1 Å². The van der Waals surface area contributed by atoms with Crippen LogP contribution in [0.4, 0.5) is 4.39 Å². The molecule has 1 aromatic carbocycles. The van der Waals surface area contributed by atoms with Crippen LogP contribution in [0.5, 0.6) is 0 Å². The molecule has 1 amide bonds. The first-order valence-electron chi connectivity index (χ1n) is 6.65. The number of carbonyl (C=O) groups excluding carboxylic acids is 1. The van der Waals surface area contributed by atoms with Gasteiger partial charge in [0.05, 0.1) is 12.6 Å². The van der Waals surface area contributed by atoms with Gasteiger partial charge < -0.3 is 9.64 Å². The average molecular weight is 282 g/mol. The predicted octanol–water partition coefficient (Wildman–Crippen LogP) is 1.75. The maximum Gasteiger partial charge on any atom is 0.240 e. The smallest absolute Gasteiger partial charge is 0.240 e. The summed E-state index contributed by atoms with van der Waals surface area (Å²) in [4.78, 5) is 15.9. The van der Waals surface area contributed by atoms with Gasteiger partial charge in [-0.05, 0) is 27.1 Å². The Morgan fingerprint density at radius 3 is 2.55 bits per heavy atom. The van der Waals surface area contributed by atoms with Crippen LogP contribution in [0.25, 0.3) is 0 Å². The van der Waals surface area contributed by atoms with Gasteiger partial charge >= 0.3 is 0 Å². The molecule has 4 nitrogen and oxygen atoms in total. The monoisotopic (exact) mass is 282 g/mol. The predicted molar refractivity (Wildman–Crippen MR) is 76.8 cm³/mol. The molecule has 0 saturated carbocycles. The molecule has 0 fully saturated rings. The molecule has 1 atom stereocenters.